The maximum atomic E-state index is 12.1. The highest BCUT2D eigenvalue weighted by molar-refractivity contribution is 5.87. The minimum Gasteiger partial charge on any atom is -0.504 e. The molecule has 1 amide bonds. The molecule has 1 fully saturated rings. The molecule has 3 rings (SSSR count). The highest BCUT2D eigenvalue weighted by Gasteiger charge is 2.43. The fraction of sp³-hybridized carbons (Fsp3) is 0.222. The van der Waals surface area contributed by atoms with E-state index in [0.717, 1.165) is 6.42 Å². The molecule has 0 aliphatic heterocycles. The highest BCUT2D eigenvalue weighted by atomic mass is 16.5. The number of nitrogens with zero attached hydrogens (tertiary/aromatic N) is 1. The number of phenols is 1. The Hall–Kier alpha value is -2.82. The van der Waals surface area contributed by atoms with Gasteiger partial charge < -0.3 is 9.84 Å². The van der Waals surface area contributed by atoms with Gasteiger partial charge in [-0.25, -0.2) is 5.43 Å². The number of hydrazone groups is 1. The zero-order valence-electron chi connectivity index (χ0n) is 12.8. The van der Waals surface area contributed by atoms with Crippen LogP contribution in [0.25, 0.3) is 0 Å². The van der Waals surface area contributed by atoms with Crippen molar-refractivity contribution in [1.29, 1.82) is 0 Å². The molecule has 2 aromatic rings. The molecular formula is C18H18N2O3. The summed E-state index contributed by atoms with van der Waals surface area (Å²) in [5.74, 6) is 0.510. The maximum Gasteiger partial charge on any atom is 0.243 e. The monoisotopic (exact) mass is 310 g/mol. The van der Waals surface area contributed by atoms with E-state index in [-0.39, 0.29) is 23.5 Å². The van der Waals surface area contributed by atoms with E-state index < -0.39 is 0 Å². The Morgan fingerprint density at radius 3 is 2.78 bits per heavy atom. The van der Waals surface area contributed by atoms with Crippen LogP contribution in [-0.4, -0.2) is 24.3 Å². The van der Waals surface area contributed by atoms with Crippen LogP contribution in [0.15, 0.2) is 53.6 Å². The van der Waals surface area contributed by atoms with Crippen molar-refractivity contribution in [2.75, 3.05) is 7.11 Å². The number of phenolic OH excluding ortho intramolecular Hbond substituents is 1. The largest absolute Gasteiger partial charge is 0.504 e. The third kappa shape index (κ3) is 3.34. The predicted octanol–water partition coefficient (Wildman–Crippen LogP) is 2.65. The van der Waals surface area contributed by atoms with Gasteiger partial charge >= 0.3 is 0 Å². The molecule has 0 saturated heterocycles. The lowest BCUT2D eigenvalue weighted by Crippen LogP contribution is -2.20. The van der Waals surface area contributed by atoms with Crippen molar-refractivity contribution in [2.45, 2.75) is 12.3 Å². The standard InChI is InChI=1S/C18H18N2O3/c1-23-16-9-5-8-13(17(16)21)11-19-20-18(22)15-10-14(15)12-6-3-2-4-7-12/h2-9,11,14-15,21H,10H2,1H3,(H,20,22)/b19-11+. The molecule has 0 bridgehead atoms. The summed E-state index contributed by atoms with van der Waals surface area (Å²) in [4.78, 5) is 12.1. The molecule has 2 N–H and O–H groups in total. The van der Waals surface area contributed by atoms with Gasteiger partial charge in [0.15, 0.2) is 11.5 Å². The number of benzene rings is 2. The van der Waals surface area contributed by atoms with Crippen LogP contribution >= 0.6 is 0 Å². The predicted molar refractivity (Wildman–Crippen MR) is 87.7 cm³/mol. The van der Waals surface area contributed by atoms with E-state index in [2.05, 4.69) is 10.5 Å². The number of aromatic hydroxyl groups is 1. The van der Waals surface area contributed by atoms with Crippen molar-refractivity contribution in [1.82, 2.24) is 5.43 Å². The summed E-state index contributed by atoms with van der Waals surface area (Å²) in [6.45, 7) is 0. The first-order chi connectivity index (χ1) is 11.2. The van der Waals surface area contributed by atoms with Crippen molar-refractivity contribution < 1.29 is 14.6 Å². The third-order valence-electron chi connectivity index (χ3n) is 3.98. The van der Waals surface area contributed by atoms with Gasteiger partial charge in [0.25, 0.3) is 0 Å². The number of hydrogen-bond donors (Lipinski definition) is 2. The molecule has 0 spiro atoms. The smallest absolute Gasteiger partial charge is 0.243 e. The Bertz CT molecular complexity index is 728. The van der Waals surface area contributed by atoms with Gasteiger partial charge in [0.2, 0.25) is 5.91 Å². The molecule has 5 nitrogen and oxygen atoms in total. The average molecular weight is 310 g/mol. The van der Waals surface area contributed by atoms with Crippen molar-refractivity contribution in [2.24, 2.45) is 11.0 Å². The van der Waals surface area contributed by atoms with E-state index in [4.69, 9.17) is 4.74 Å². The summed E-state index contributed by atoms with van der Waals surface area (Å²) in [5.41, 5.74) is 4.20. The first-order valence-electron chi connectivity index (χ1n) is 7.44. The summed E-state index contributed by atoms with van der Waals surface area (Å²) in [5, 5.41) is 13.9. The Kier molecular flexibility index (Phi) is 4.28. The summed E-state index contributed by atoms with van der Waals surface area (Å²) < 4.78 is 5.03. The minimum absolute atomic E-state index is 0.00147. The topological polar surface area (TPSA) is 70.9 Å². The Balaban J connectivity index is 1.58. The fourth-order valence-corrected chi connectivity index (χ4v) is 2.61. The summed E-state index contributed by atoms with van der Waals surface area (Å²) in [6.07, 6.45) is 2.26. The molecule has 1 aliphatic carbocycles. The maximum absolute atomic E-state index is 12.1. The number of methoxy groups -OCH3 is 1. The molecule has 5 heteroatoms. The number of carbonyl (C=O) groups is 1. The van der Waals surface area contributed by atoms with Gasteiger partial charge in [0.05, 0.1) is 13.3 Å². The van der Waals surface area contributed by atoms with Gasteiger partial charge in [-0.15, -0.1) is 0 Å². The van der Waals surface area contributed by atoms with Gasteiger partial charge in [0.1, 0.15) is 0 Å². The Morgan fingerprint density at radius 2 is 2.04 bits per heavy atom. The zero-order chi connectivity index (χ0) is 16.2. The van der Waals surface area contributed by atoms with Crippen LogP contribution in [-0.2, 0) is 4.79 Å². The number of carbonyl (C=O) groups excluding carboxylic acids is 1. The summed E-state index contributed by atoms with van der Waals surface area (Å²) >= 11 is 0. The fourth-order valence-electron chi connectivity index (χ4n) is 2.61. The number of nitrogens with one attached hydrogen (secondary N) is 1. The van der Waals surface area contributed by atoms with Crippen molar-refractivity contribution in [3.8, 4) is 11.5 Å². The third-order valence-corrected chi connectivity index (χ3v) is 3.98. The Labute approximate surface area is 134 Å². The second-order valence-corrected chi connectivity index (χ2v) is 5.49. The lowest BCUT2D eigenvalue weighted by atomic mass is 10.1. The highest BCUT2D eigenvalue weighted by Crippen LogP contribution is 2.47. The van der Waals surface area contributed by atoms with Gasteiger partial charge in [0, 0.05) is 11.5 Å². The molecule has 0 aromatic heterocycles. The lowest BCUT2D eigenvalue weighted by Gasteiger charge is -2.05. The van der Waals surface area contributed by atoms with Crippen molar-refractivity contribution in [3.63, 3.8) is 0 Å². The SMILES string of the molecule is COc1cccc(/C=N/NC(=O)C2CC2c2ccccc2)c1O. The van der Waals surface area contributed by atoms with Crippen LogP contribution in [0.1, 0.15) is 23.5 Å². The molecule has 23 heavy (non-hydrogen) atoms. The number of para-hydroxylation sites is 1. The quantitative estimate of drug-likeness (QED) is 0.659. The molecular weight excluding hydrogens is 292 g/mol. The van der Waals surface area contributed by atoms with Crippen LogP contribution in [0.5, 0.6) is 11.5 Å². The van der Waals surface area contributed by atoms with Crippen LogP contribution in [0.4, 0.5) is 0 Å². The number of amides is 1. The Morgan fingerprint density at radius 1 is 1.26 bits per heavy atom. The van der Waals surface area contributed by atoms with E-state index in [1.165, 1.54) is 18.9 Å². The molecule has 0 heterocycles. The van der Waals surface area contributed by atoms with Crippen LogP contribution in [0, 0.1) is 5.92 Å². The molecule has 2 atom stereocenters. The van der Waals surface area contributed by atoms with E-state index in [9.17, 15) is 9.90 Å². The van der Waals surface area contributed by atoms with Crippen LogP contribution in [0.3, 0.4) is 0 Å². The number of rotatable bonds is 5. The van der Waals surface area contributed by atoms with Gasteiger partial charge in [-0.05, 0) is 30.0 Å². The molecule has 118 valence electrons. The molecule has 0 radical (unpaired) electrons. The van der Waals surface area contributed by atoms with E-state index >= 15 is 0 Å². The van der Waals surface area contributed by atoms with E-state index in [1.54, 1.807) is 18.2 Å². The molecule has 2 aromatic carbocycles. The molecule has 2 unspecified atom stereocenters. The molecule has 1 saturated carbocycles. The molecule has 1 aliphatic rings. The first-order valence-corrected chi connectivity index (χ1v) is 7.44. The summed E-state index contributed by atoms with van der Waals surface area (Å²) in [6, 6.07) is 15.1. The van der Waals surface area contributed by atoms with Gasteiger partial charge in [-0.2, -0.15) is 5.10 Å². The van der Waals surface area contributed by atoms with E-state index in [0.29, 0.717) is 11.3 Å². The zero-order valence-corrected chi connectivity index (χ0v) is 12.8. The summed E-state index contributed by atoms with van der Waals surface area (Å²) in [7, 11) is 1.48. The minimum atomic E-state index is -0.0995. The lowest BCUT2D eigenvalue weighted by molar-refractivity contribution is -0.122. The second-order valence-electron chi connectivity index (χ2n) is 5.49. The van der Waals surface area contributed by atoms with Gasteiger partial charge in [-0.3, -0.25) is 4.79 Å². The van der Waals surface area contributed by atoms with Crippen LogP contribution in [0.2, 0.25) is 0 Å². The second kappa shape index (κ2) is 6.52. The van der Waals surface area contributed by atoms with E-state index in [1.807, 2.05) is 30.3 Å². The van der Waals surface area contributed by atoms with Crippen LogP contribution < -0.4 is 10.2 Å². The van der Waals surface area contributed by atoms with Gasteiger partial charge in [-0.1, -0.05) is 36.4 Å². The normalized spacial score (nSPS) is 19.5. The average Bonchev–Trinajstić information content (AvgIpc) is 3.38. The number of hydrogen-bond acceptors (Lipinski definition) is 4. The van der Waals surface area contributed by atoms with Crippen molar-refractivity contribution in [3.05, 3.63) is 59.7 Å². The number of ether oxygens (including phenoxy) is 1. The first kappa shape index (κ1) is 15.1. The van der Waals surface area contributed by atoms with Crippen molar-refractivity contribution >= 4 is 12.1 Å².